The van der Waals surface area contributed by atoms with Gasteiger partial charge in [0.2, 0.25) is 0 Å². The molecule has 0 aliphatic carbocycles. The highest BCUT2D eigenvalue weighted by molar-refractivity contribution is 9.39. The van der Waals surface area contributed by atoms with E-state index in [4.69, 9.17) is 23.2 Å². The normalized spacial score (nSPS) is 14.2. The summed E-state index contributed by atoms with van der Waals surface area (Å²) < 4.78 is 8.66. The van der Waals surface area contributed by atoms with Crippen molar-refractivity contribution >= 4 is 71.0 Å². The molecular formula is C2Br3Cl2F. The Morgan fingerprint density at radius 3 is 1.25 bits per heavy atom. The van der Waals surface area contributed by atoms with Crippen molar-refractivity contribution in [2.24, 2.45) is 0 Å². The highest BCUT2D eigenvalue weighted by Crippen LogP contribution is 2.50. The average molecular weight is 354 g/mol. The third kappa shape index (κ3) is 3.20. The van der Waals surface area contributed by atoms with Gasteiger partial charge in [-0.1, -0.05) is 71.0 Å². The molecule has 0 aromatic rings. The second kappa shape index (κ2) is 2.91. The van der Waals surface area contributed by atoms with Crippen LogP contribution in [0.3, 0.4) is 0 Å². The lowest BCUT2D eigenvalue weighted by Crippen LogP contribution is -2.22. The molecule has 0 heterocycles. The van der Waals surface area contributed by atoms with E-state index in [2.05, 4.69) is 47.8 Å². The zero-order valence-electron chi connectivity index (χ0n) is 3.27. The standard InChI is InChI=1S/C2Br3Cl2F/c3-1(4,5)2(6,7)8. The van der Waals surface area contributed by atoms with Crippen LogP contribution in [0.5, 0.6) is 0 Å². The third-order valence-corrected chi connectivity index (χ3v) is 3.90. The van der Waals surface area contributed by atoms with Crippen LogP contribution in [0.2, 0.25) is 0 Å². The van der Waals surface area contributed by atoms with Gasteiger partial charge in [0.1, 0.15) is 0 Å². The molecule has 0 radical (unpaired) electrons. The minimum absolute atomic E-state index is 1.26. The third-order valence-electron chi connectivity index (χ3n) is 0.321. The average Bonchev–Trinajstić information content (AvgIpc) is 1.25. The van der Waals surface area contributed by atoms with E-state index >= 15 is 0 Å². The zero-order valence-corrected chi connectivity index (χ0v) is 9.54. The van der Waals surface area contributed by atoms with Gasteiger partial charge in [0, 0.05) is 0 Å². The van der Waals surface area contributed by atoms with E-state index in [0.29, 0.717) is 0 Å². The quantitative estimate of drug-likeness (QED) is 0.579. The maximum absolute atomic E-state index is 12.3. The van der Waals surface area contributed by atoms with Crippen molar-refractivity contribution in [3.63, 3.8) is 0 Å². The molecular weight excluding hydrogens is 354 g/mol. The van der Waals surface area contributed by atoms with Gasteiger partial charge < -0.3 is 0 Å². The second-order valence-corrected chi connectivity index (χ2v) is 8.99. The summed E-state index contributed by atoms with van der Waals surface area (Å²) in [4.78, 5) is 0. The van der Waals surface area contributed by atoms with Crippen molar-refractivity contribution < 1.29 is 4.39 Å². The van der Waals surface area contributed by atoms with Crippen LogP contribution in [0.25, 0.3) is 0 Å². The second-order valence-electron chi connectivity index (χ2n) is 0.996. The maximum Gasteiger partial charge on any atom is 0.292 e. The fourth-order valence-electron chi connectivity index (χ4n) is 0. The van der Waals surface area contributed by atoms with Crippen molar-refractivity contribution in [3.05, 3.63) is 0 Å². The van der Waals surface area contributed by atoms with Crippen molar-refractivity contribution in [1.82, 2.24) is 0 Å². The van der Waals surface area contributed by atoms with E-state index in [1.165, 1.54) is 0 Å². The molecule has 0 spiro atoms. The summed E-state index contributed by atoms with van der Waals surface area (Å²) in [5, 5.41) is 0. The van der Waals surface area contributed by atoms with Crippen molar-refractivity contribution in [2.75, 3.05) is 0 Å². The smallest absolute Gasteiger partial charge is 0.204 e. The van der Waals surface area contributed by atoms with E-state index in [1.807, 2.05) is 0 Å². The first-order valence-corrected chi connectivity index (χ1v) is 4.52. The Labute approximate surface area is 81.5 Å². The summed E-state index contributed by atoms with van der Waals surface area (Å²) in [7, 11) is 0. The van der Waals surface area contributed by atoms with Crippen LogP contribution >= 0.6 is 71.0 Å². The Balaban J connectivity index is 4.02. The van der Waals surface area contributed by atoms with Gasteiger partial charge in [0.15, 0.2) is 2.14 Å². The Bertz CT molecular complexity index is 70.3. The highest BCUT2D eigenvalue weighted by atomic mass is 80.0. The molecule has 0 aliphatic rings. The van der Waals surface area contributed by atoms with Crippen LogP contribution in [-0.2, 0) is 0 Å². The van der Waals surface area contributed by atoms with Crippen LogP contribution < -0.4 is 0 Å². The lowest BCUT2D eigenvalue weighted by Gasteiger charge is -2.18. The summed E-state index contributed by atoms with van der Waals surface area (Å²) in [6.07, 6.45) is 0. The fourth-order valence-corrected chi connectivity index (χ4v) is 0. The number of rotatable bonds is 0. The predicted molar refractivity (Wildman–Crippen MR) is 45.1 cm³/mol. The van der Waals surface area contributed by atoms with Gasteiger partial charge in [-0.15, -0.1) is 0 Å². The Kier molecular flexibility index (Phi) is 3.62. The van der Waals surface area contributed by atoms with Crippen LogP contribution in [0.15, 0.2) is 0 Å². The topological polar surface area (TPSA) is 0 Å². The van der Waals surface area contributed by atoms with E-state index in [1.54, 1.807) is 0 Å². The first kappa shape index (κ1) is 9.95. The number of hydrogen-bond donors (Lipinski definition) is 0. The molecule has 0 saturated heterocycles. The number of alkyl halides is 6. The number of hydrogen-bond acceptors (Lipinski definition) is 0. The van der Waals surface area contributed by atoms with Gasteiger partial charge in [-0.3, -0.25) is 0 Å². The molecule has 0 atom stereocenters. The van der Waals surface area contributed by atoms with Gasteiger partial charge in [-0.05, 0) is 0 Å². The van der Waals surface area contributed by atoms with E-state index in [-0.39, 0.29) is 0 Å². The minimum atomic E-state index is -2.37. The van der Waals surface area contributed by atoms with E-state index in [9.17, 15) is 4.39 Å². The monoisotopic (exact) mass is 350 g/mol. The maximum atomic E-state index is 12.3. The Morgan fingerprint density at radius 1 is 1.12 bits per heavy atom. The minimum Gasteiger partial charge on any atom is -0.204 e. The van der Waals surface area contributed by atoms with Gasteiger partial charge in [-0.25, -0.2) is 4.39 Å². The van der Waals surface area contributed by atoms with Gasteiger partial charge >= 0.3 is 0 Å². The zero-order chi connectivity index (χ0) is 7.00. The SMILES string of the molecule is FC(Cl)(Cl)C(Br)(Br)Br. The molecule has 6 heteroatoms. The Hall–Kier alpha value is 1.95. The molecule has 50 valence electrons. The van der Waals surface area contributed by atoms with Crippen LogP contribution in [-0.4, -0.2) is 6.73 Å². The molecule has 0 aromatic heterocycles. The summed E-state index contributed by atoms with van der Waals surface area (Å²) in [5.74, 6) is 0. The summed E-state index contributed by atoms with van der Waals surface area (Å²) in [6, 6.07) is 0. The molecule has 0 bridgehead atoms. The van der Waals surface area contributed by atoms with Crippen LogP contribution in [0.4, 0.5) is 4.39 Å². The van der Waals surface area contributed by atoms with E-state index in [0.717, 1.165) is 0 Å². The predicted octanol–water partition coefficient (Wildman–Crippen LogP) is 3.93. The fraction of sp³-hybridized carbons (Fsp3) is 1.00. The van der Waals surface area contributed by atoms with Crippen molar-refractivity contribution in [3.8, 4) is 0 Å². The summed E-state index contributed by atoms with van der Waals surface area (Å²) in [6.45, 7) is 0. The van der Waals surface area contributed by atoms with Crippen molar-refractivity contribution in [1.29, 1.82) is 0 Å². The van der Waals surface area contributed by atoms with E-state index < -0.39 is 6.73 Å². The molecule has 0 nitrogen and oxygen atoms in total. The lowest BCUT2D eigenvalue weighted by molar-refractivity contribution is 0.415. The number of halogens is 6. The molecule has 0 saturated carbocycles. The van der Waals surface area contributed by atoms with Crippen molar-refractivity contribution in [2.45, 2.75) is 6.73 Å². The molecule has 0 aliphatic heterocycles. The van der Waals surface area contributed by atoms with Gasteiger partial charge in [-0.2, -0.15) is 0 Å². The molecule has 0 fully saturated rings. The largest absolute Gasteiger partial charge is 0.292 e. The lowest BCUT2D eigenvalue weighted by atomic mass is 10.9. The van der Waals surface area contributed by atoms with Crippen LogP contribution in [0, 0.1) is 0 Å². The summed E-state index contributed by atoms with van der Waals surface area (Å²) >= 11 is 18.3. The molecule has 0 N–H and O–H groups in total. The summed E-state index contributed by atoms with van der Waals surface area (Å²) in [5.41, 5.74) is 0. The molecule has 0 rings (SSSR count). The van der Waals surface area contributed by atoms with Gasteiger partial charge in [0.05, 0.1) is 0 Å². The molecule has 0 aromatic carbocycles. The van der Waals surface area contributed by atoms with Crippen LogP contribution in [0.1, 0.15) is 0 Å². The molecule has 0 amide bonds. The highest BCUT2D eigenvalue weighted by Gasteiger charge is 2.44. The van der Waals surface area contributed by atoms with Gasteiger partial charge in [0.25, 0.3) is 4.59 Å². The molecule has 0 unspecified atom stereocenters. The molecule has 8 heavy (non-hydrogen) atoms. The first-order chi connectivity index (χ1) is 3.25. The first-order valence-electron chi connectivity index (χ1n) is 1.38. The Morgan fingerprint density at radius 2 is 1.25 bits per heavy atom.